The van der Waals surface area contributed by atoms with E-state index < -0.39 is 0 Å². The highest BCUT2D eigenvalue weighted by Crippen LogP contribution is 2.23. The first-order valence-corrected chi connectivity index (χ1v) is 7.12. The van der Waals surface area contributed by atoms with E-state index in [0.717, 1.165) is 22.2 Å². The lowest BCUT2D eigenvalue weighted by molar-refractivity contribution is 0.276. The van der Waals surface area contributed by atoms with Crippen LogP contribution in [0, 0.1) is 0 Å². The Morgan fingerprint density at radius 3 is 2.67 bits per heavy atom. The largest absolute Gasteiger partial charge is 0.394 e. The van der Waals surface area contributed by atoms with Crippen LogP contribution in [0.2, 0.25) is 5.02 Å². The molecule has 3 nitrogen and oxygen atoms in total. The summed E-state index contributed by atoms with van der Waals surface area (Å²) in [6.45, 7) is 0.00833. The number of aromatic nitrogens is 1. The molecule has 21 heavy (non-hydrogen) atoms. The predicted molar refractivity (Wildman–Crippen MR) is 86.6 cm³/mol. The number of aliphatic hydroxyl groups is 1. The minimum absolute atomic E-state index is 0.00833. The minimum atomic E-state index is -0.171. The van der Waals surface area contributed by atoms with Gasteiger partial charge in [-0.15, -0.1) is 0 Å². The molecule has 3 rings (SSSR count). The Bertz CT molecular complexity index is 743. The molecule has 3 aromatic rings. The molecule has 0 radical (unpaired) electrons. The number of anilines is 1. The zero-order valence-corrected chi connectivity index (χ0v) is 12.1. The van der Waals surface area contributed by atoms with Gasteiger partial charge in [-0.3, -0.25) is 4.98 Å². The van der Waals surface area contributed by atoms with Crippen molar-refractivity contribution in [2.24, 2.45) is 0 Å². The van der Waals surface area contributed by atoms with Crippen molar-refractivity contribution in [1.29, 1.82) is 0 Å². The zero-order valence-electron chi connectivity index (χ0n) is 11.3. The van der Waals surface area contributed by atoms with Gasteiger partial charge < -0.3 is 10.4 Å². The molecule has 1 heterocycles. The van der Waals surface area contributed by atoms with Crippen molar-refractivity contribution in [3.63, 3.8) is 0 Å². The third-order valence-electron chi connectivity index (χ3n) is 3.40. The number of fused-ring (bicyclic) bond motifs is 1. The van der Waals surface area contributed by atoms with E-state index in [9.17, 15) is 5.11 Å². The van der Waals surface area contributed by atoms with Crippen molar-refractivity contribution in [2.45, 2.75) is 6.04 Å². The molecule has 0 aliphatic carbocycles. The molecule has 0 aliphatic heterocycles. The first kappa shape index (κ1) is 13.9. The quantitative estimate of drug-likeness (QED) is 0.764. The van der Waals surface area contributed by atoms with E-state index in [1.165, 1.54) is 0 Å². The number of hydrogen-bond donors (Lipinski definition) is 2. The minimum Gasteiger partial charge on any atom is -0.394 e. The number of benzene rings is 2. The lowest BCUT2D eigenvalue weighted by Crippen LogP contribution is -2.14. The van der Waals surface area contributed by atoms with E-state index >= 15 is 0 Å². The van der Waals surface area contributed by atoms with Crippen molar-refractivity contribution in [3.8, 4) is 0 Å². The van der Waals surface area contributed by atoms with Crippen LogP contribution < -0.4 is 5.32 Å². The molecule has 4 heteroatoms. The molecule has 0 saturated heterocycles. The fourth-order valence-corrected chi connectivity index (χ4v) is 2.42. The van der Waals surface area contributed by atoms with E-state index in [4.69, 9.17) is 11.6 Å². The number of nitrogens with one attached hydrogen (secondary N) is 1. The number of halogens is 1. The van der Waals surface area contributed by atoms with Crippen LogP contribution in [0.5, 0.6) is 0 Å². The second-order valence-electron chi connectivity index (χ2n) is 4.84. The summed E-state index contributed by atoms with van der Waals surface area (Å²) < 4.78 is 0. The van der Waals surface area contributed by atoms with Crippen molar-refractivity contribution in [3.05, 3.63) is 71.4 Å². The molecule has 1 unspecified atom stereocenters. The predicted octanol–water partition coefficient (Wildman–Crippen LogP) is 4.03. The fraction of sp³-hybridized carbons (Fsp3) is 0.118. The monoisotopic (exact) mass is 298 g/mol. The second-order valence-corrected chi connectivity index (χ2v) is 5.28. The maximum Gasteiger partial charge on any atom is 0.0745 e. The third kappa shape index (κ3) is 3.15. The Morgan fingerprint density at radius 2 is 1.90 bits per heavy atom. The highest BCUT2D eigenvalue weighted by atomic mass is 35.5. The summed E-state index contributed by atoms with van der Waals surface area (Å²) in [5.74, 6) is 0. The molecule has 0 amide bonds. The lowest BCUT2D eigenvalue weighted by Gasteiger charge is -2.18. The van der Waals surface area contributed by atoms with Gasteiger partial charge in [0.05, 0.1) is 18.2 Å². The molecule has 0 aliphatic rings. The van der Waals surface area contributed by atoms with Gasteiger partial charge in [0, 0.05) is 22.3 Å². The van der Waals surface area contributed by atoms with Crippen LogP contribution >= 0.6 is 11.6 Å². The number of nitrogens with zero attached hydrogens (tertiary/aromatic N) is 1. The van der Waals surface area contributed by atoms with Crippen LogP contribution in [0.1, 0.15) is 11.6 Å². The van der Waals surface area contributed by atoms with E-state index in [0.29, 0.717) is 5.02 Å². The van der Waals surface area contributed by atoms with Crippen LogP contribution in [-0.2, 0) is 0 Å². The maximum atomic E-state index is 9.66. The summed E-state index contributed by atoms with van der Waals surface area (Å²) in [6.07, 6.45) is 1.78. The summed E-state index contributed by atoms with van der Waals surface area (Å²) in [4.78, 5) is 4.30. The third-order valence-corrected chi connectivity index (χ3v) is 3.65. The van der Waals surface area contributed by atoms with Gasteiger partial charge in [0.15, 0.2) is 0 Å². The Labute approximate surface area is 128 Å². The highest BCUT2D eigenvalue weighted by Gasteiger charge is 2.11. The Hall–Kier alpha value is -2.10. The molecule has 0 saturated carbocycles. The number of pyridine rings is 1. The van der Waals surface area contributed by atoms with Crippen LogP contribution in [-0.4, -0.2) is 16.7 Å². The van der Waals surface area contributed by atoms with Gasteiger partial charge in [0.2, 0.25) is 0 Å². The Morgan fingerprint density at radius 1 is 1.10 bits per heavy atom. The summed E-state index contributed by atoms with van der Waals surface area (Å²) in [5, 5.41) is 14.7. The first-order chi connectivity index (χ1) is 10.3. The second kappa shape index (κ2) is 6.12. The molecule has 1 aromatic heterocycles. The van der Waals surface area contributed by atoms with Gasteiger partial charge in [-0.2, -0.15) is 0 Å². The van der Waals surface area contributed by atoms with Crippen LogP contribution in [0.4, 0.5) is 5.69 Å². The van der Waals surface area contributed by atoms with Crippen LogP contribution in [0.25, 0.3) is 10.9 Å². The summed E-state index contributed by atoms with van der Waals surface area (Å²) in [5.41, 5.74) is 2.89. The van der Waals surface area contributed by atoms with Gasteiger partial charge in [-0.1, -0.05) is 23.7 Å². The Kier molecular flexibility index (Phi) is 4.04. The van der Waals surface area contributed by atoms with E-state index in [1.807, 2.05) is 54.6 Å². The Balaban J connectivity index is 1.88. The van der Waals surface area contributed by atoms with Crippen LogP contribution in [0.15, 0.2) is 60.8 Å². The standard InChI is InChI=1S/C17H15ClN2O/c18-14-4-6-15(7-5-14)20-17(11-21)13-3-8-16-12(10-13)2-1-9-19-16/h1-10,17,20-21H,11H2. The molecule has 2 aromatic carbocycles. The van der Waals surface area contributed by atoms with Crippen LogP contribution in [0.3, 0.4) is 0 Å². The summed E-state index contributed by atoms with van der Waals surface area (Å²) >= 11 is 5.88. The molecule has 106 valence electrons. The summed E-state index contributed by atoms with van der Waals surface area (Å²) in [7, 11) is 0. The normalized spacial score (nSPS) is 12.3. The topological polar surface area (TPSA) is 45.1 Å². The summed E-state index contributed by atoms with van der Waals surface area (Å²) in [6, 6.07) is 17.2. The molecule has 0 spiro atoms. The van der Waals surface area contributed by atoms with Crippen molar-refractivity contribution in [1.82, 2.24) is 4.98 Å². The molecular formula is C17H15ClN2O. The maximum absolute atomic E-state index is 9.66. The average molecular weight is 299 g/mol. The molecule has 0 fully saturated rings. The zero-order chi connectivity index (χ0) is 14.7. The van der Waals surface area contributed by atoms with Crippen molar-refractivity contribution < 1.29 is 5.11 Å². The van der Waals surface area contributed by atoms with Gasteiger partial charge in [0.25, 0.3) is 0 Å². The lowest BCUT2D eigenvalue weighted by atomic mass is 10.0. The van der Waals surface area contributed by atoms with Crippen molar-refractivity contribution in [2.75, 3.05) is 11.9 Å². The number of hydrogen-bond acceptors (Lipinski definition) is 3. The highest BCUT2D eigenvalue weighted by molar-refractivity contribution is 6.30. The molecular weight excluding hydrogens is 284 g/mol. The molecule has 1 atom stereocenters. The van der Waals surface area contributed by atoms with E-state index in [1.54, 1.807) is 6.20 Å². The van der Waals surface area contributed by atoms with Gasteiger partial charge in [-0.25, -0.2) is 0 Å². The van der Waals surface area contributed by atoms with Gasteiger partial charge in [0.1, 0.15) is 0 Å². The fourth-order valence-electron chi connectivity index (χ4n) is 2.29. The average Bonchev–Trinajstić information content (AvgIpc) is 2.54. The van der Waals surface area contributed by atoms with Gasteiger partial charge in [-0.05, 0) is 48.0 Å². The molecule has 0 bridgehead atoms. The molecule has 2 N–H and O–H groups in total. The smallest absolute Gasteiger partial charge is 0.0745 e. The number of aliphatic hydroxyl groups excluding tert-OH is 1. The van der Waals surface area contributed by atoms with Gasteiger partial charge >= 0.3 is 0 Å². The van der Waals surface area contributed by atoms with E-state index in [2.05, 4.69) is 10.3 Å². The van der Waals surface area contributed by atoms with E-state index in [-0.39, 0.29) is 12.6 Å². The number of rotatable bonds is 4. The van der Waals surface area contributed by atoms with Crippen molar-refractivity contribution >= 4 is 28.2 Å². The first-order valence-electron chi connectivity index (χ1n) is 6.74. The SMILES string of the molecule is OCC(Nc1ccc(Cl)cc1)c1ccc2ncccc2c1.